The van der Waals surface area contributed by atoms with E-state index < -0.39 is 0 Å². The van der Waals surface area contributed by atoms with Crippen LogP contribution in [-0.2, 0) is 0 Å². The van der Waals surface area contributed by atoms with Gasteiger partial charge in [-0.1, -0.05) is 0 Å². The molecule has 3 fully saturated rings. The van der Waals surface area contributed by atoms with Crippen molar-refractivity contribution >= 4 is 0 Å². The van der Waals surface area contributed by atoms with Crippen LogP contribution < -0.4 is 10.6 Å². The third-order valence-electron chi connectivity index (χ3n) is 5.00. The molecule has 2 aliphatic carbocycles. The Labute approximate surface area is 112 Å². The number of nitrogens with one attached hydrogen (secondary N) is 2. The van der Waals surface area contributed by atoms with Crippen LogP contribution in [0.1, 0.15) is 39.5 Å². The molecule has 0 radical (unpaired) electrons. The molecule has 0 bridgehead atoms. The summed E-state index contributed by atoms with van der Waals surface area (Å²) in [6.07, 6.45) is 5.90. The Morgan fingerprint density at radius 3 is 2.17 bits per heavy atom. The largest absolute Gasteiger partial charge is 0.314 e. The first kappa shape index (κ1) is 12.9. The van der Waals surface area contributed by atoms with Crippen molar-refractivity contribution in [3.05, 3.63) is 0 Å². The zero-order chi connectivity index (χ0) is 12.6. The monoisotopic (exact) mass is 251 g/mol. The summed E-state index contributed by atoms with van der Waals surface area (Å²) in [6.45, 7) is 10.7. The highest BCUT2D eigenvalue weighted by Crippen LogP contribution is 2.44. The van der Waals surface area contributed by atoms with Crippen molar-refractivity contribution < 1.29 is 0 Å². The Morgan fingerprint density at radius 1 is 1.11 bits per heavy atom. The van der Waals surface area contributed by atoms with E-state index in [0.29, 0.717) is 5.54 Å². The second-order valence-corrected chi connectivity index (χ2v) is 7.13. The van der Waals surface area contributed by atoms with Crippen molar-refractivity contribution in [1.82, 2.24) is 15.5 Å². The molecule has 0 aromatic carbocycles. The molecule has 1 aliphatic heterocycles. The van der Waals surface area contributed by atoms with Gasteiger partial charge in [-0.2, -0.15) is 0 Å². The van der Waals surface area contributed by atoms with Gasteiger partial charge >= 0.3 is 0 Å². The molecule has 0 atom stereocenters. The maximum atomic E-state index is 3.92. The van der Waals surface area contributed by atoms with Crippen LogP contribution in [0.15, 0.2) is 0 Å². The molecule has 18 heavy (non-hydrogen) atoms. The molecule has 2 N–H and O–H groups in total. The average Bonchev–Trinajstić information content (AvgIpc) is 3.24. The predicted molar refractivity (Wildman–Crippen MR) is 75.8 cm³/mol. The second kappa shape index (κ2) is 5.10. The molecule has 0 aromatic heterocycles. The minimum atomic E-state index is 0.310. The molecule has 3 rings (SSSR count). The highest BCUT2D eigenvalue weighted by molar-refractivity contribution is 4.98. The molecule has 1 heterocycles. The van der Waals surface area contributed by atoms with Crippen LogP contribution in [0.3, 0.4) is 0 Å². The maximum absolute atomic E-state index is 3.92. The Balaban J connectivity index is 1.50. The average molecular weight is 251 g/mol. The summed E-state index contributed by atoms with van der Waals surface area (Å²) in [5.41, 5.74) is 0.310. The normalized spacial score (nSPS) is 26.8. The molecule has 0 unspecified atom stereocenters. The van der Waals surface area contributed by atoms with Crippen molar-refractivity contribution in [3.63, 3.8) is 0 Å². The Kier molecular flexibility index (Phi) is 3.65. The van der Waals surface area contributed by atoms with Crippen molar-refractivity contribution in [2.24, 2.45) is 11.8 Å². The lowest BCUT2D eigenvalue weighted by molar-refractivity contribution is 0.0974. The zero-order valence-electron chi connectivity index (χ0n) is 12.0. The van der Waals surface area contributed by atoms with E-state index in [0.717, 1.165) is 37.5 Å². The van der Waals surface area contributed by atoms with Gasteiger partial charge in [0.15, 0.2) is 0 Å². The summed E-state index contributed by atoms with van der Waals surface area (Å²) in [4.78, 5) is 2.65. The third kappa shape index (κ3) is 3.06. The summed E-state index contributed by atoms with van der Waals surface area (Å²) in [7, 11) is 0. The smallest absolute Gasteiger partial charge is 0.0278 e. The molecule has 3 heteroatoms. The predicted octanol–water partition coefficient (Wildman–Crippen LogP) is 1.45. The summed E-state index contributed by atoms with van der Waals surface area (Å²) in [6, 6.07) is 0.840. The summed E-state index contributed by atoms with van der Waals surface area (Å²) in [5, 5.41) is 7.37. The summed E-state index contributed by atoms with van der Waals surface area (Å²) in [5.74, 6) is 2.02. The van der Waals surface area contributed by atoms with E-state index in [1.807, 2.05) is 0 Å². The molecule has 3 aliphatic rings. The topological polar surface area (TPSA) is 27.3 Å². The van der Waals surface area contributed by atoms with E-state index in [4.69, 9.17) is 0 Å². The van der Waals surface area contributed by atoms with E-state index in [-0.39, 0.29) is 0 Å². The van der Waals surface area contributed by atoms with Gasteiger partial charge in [-0.25, -0.2) is 0 Å². The molecule has 3 nitrogen and oxygen atoms in total. The van der Waals surface area contributed by atoms with E-state index in [9.17, 15) is 0 Å². The lowest BCUT2D eigenvalue weighted by Crippen LogP contribution is -2.58. The van der Waals surface area contributed by atoms with Crippen LogP contribution in [0, 0.1) is 11.8 Å². The summed E-state index contributed by atoms with van der Waals surface area (Å²) < 4.78 is 0. The molecule has 2 saturated carbocycles. The highest BCUT2D eigenvalue weighted by Gasteiger charge is 2.42. The number of piperazine rings is 1. The SMILES string of the molecule is CC(C)(CNC(C1CC1)C1CC1)N1CCNCC1. The quantitative estimate of drug-likeness (QED) is 0.748. The zero-order valence-corrected chi connectivity index (χ0v) is 12.0. The number of hydrogen-bond acceptors (Lipinski definition) is 3. The molecule has 1 saturated heterocycles. The van der Waals surface area contributed by atoms with Crippen molar-refractivity contribution in [3.8, 4) is 0 Å². The van der Waals surface area contributed by atoms with Gasteiger partial charge in [-0.05, 0) is 51.4 Å². The minimum absolute atomic E-state index is 0.310. The van der Waals surface area contributed by atoms with Gasteiger partial charge in [-0.15, -0.1) is 0 Å². The Morgan fingerprint density at radius 2 is 1.67 bits per heavy atom. The molecule has 0 aromatic rings. The van der Waals surface area contributed by atoms with Gasteiger partial charge in [0, 0.05) is 44.3 Å². The number of nitrogens with zero attached hydrogens (tertiary/aromatic N) is 1. The fraction of sp³-hybridized carbons (Fsp3) is 1.00. The van der Waals surface area contributed by atoms with Crippen LogP contribution in [-0.4, -0.2) is 49.2 Å². The minimum Gasteiger partial charge on any atom is -0.314 e. The molecular weight excluding hydrogens is 222 g/mol. The van der Waals surface area contributed by atoms with Crippen molar-refractivity contribution in [1.29, 1.82) is 0 Å². The highest BCUT2D eigenvalue weighted by atomic mass is 15.3. The van der Waals surface area contributed by atoms with E-state index >= 15 is 0 Å². The Hall–Kier alpha value is -0.120. The van der Waals surface area contributed by atoms with Gasteiger partial charge in [-0.3, -0.25) is 4.90 Å². The standard InChI is InChI=1S/C15H29N3/c1-15(2,18-9-7-16-8-10-18)11-17-14(12-3-4-12)13-5-6-13/h12-14,16-17H,3-11H2,1-2H3. The van der Waals surface area contributed by atoms with Gasteiger partial charge < -0.3 is 10.6 Å². The van der Waals surface area contributed by atoms with Gasteiger partial charge in [0.2, 0.25) is 0 Å². The fourth-order valence-corrected chi connectivity index (χ4v) is 3.38. The summed E-state index contributed by atoms with van der Waals surface area (Å²) >= 11 is 0. The van der Waals surface area contributed by atoms with E-state index in [1.165, 1.54) is 38.8 Å². The van der Waals surface area contributed by atoms with Crippen LogP contribution in [0.5, 0.6) is 0 Å². The van der Waals surface area contributed by atoms with Gasteiger partial charge in [0.1, 0.15) is 0 Å². The van der Waals surface area contributed by atoms with E-state index in [1.54, 1.807) is 0 Å². The lowest BCUT2D eigenvalue weighted by Gasteiger charge is -2.42. The maximum Gasteiger partial charge on any atom is 0.0278 e. The van der Waals surface area contributed by atoms with Crippen LogP contribution >= 0.6 is 0 Å². The fourth-order valence-electron chi connectivity index (χ4n) is 3.38. The third-order valence-corrected chi connectivity index (χ3v) is 5.00. The molecule has 0 spiro atoms. The molecular formula is C15H29N3. The van der Waals surface area contributed by atoms with Crippen LogP contribution in [0.2, 0.25) is 0 Å². The van der Waals surface area contributed by atoms with Crippen LogP contribution in [0.4, 0.5) is 0 Å². The van der Waals surface area contributed by atoms with Crippen molar-refractivity contribution in [2.75, 3.05) is 32.7 Å². The number of rotatable bonds is 6. The molecule has 0 amide bonds. The lowest BCUT2D eigenvalue weighted by atomic mass is 9.99. The van der Waals surface area contributed by atoms with Gasteiger partial charge in [0.25, 0.3) is 0 Å². The first-order valence-corrected chi connectivity index (χ1v) is 7.86. The number of hydrogen-bond donors (Lipinski definition) is 2. The van der Waals surface area contributed by atoms with Crippen molar-refractivity contribution in [2.45, 2.75) is 51.1 Å². The molecule has 104 valence electrons. The van der Waals surface area contributed by atoms with E-state index in [2.05, 4.69) is 29.4 Å². The first-order valence-electron chi connectivity index (χ1n) is 7.86. The first-order chi connectivity index (χ1) is 8.67. The van der Waals surface area contributed by atoms with Crippen LogP contribution in [0.25, 0.3) is 0 Å². The Bertz CT molecular complexity index is 263. The van der Waals surface area contributed by atoms with Gasteiger partial charge in [0.05, 0.1) is 0 Å². The second-order valence-electron chi connectivity index (χ2n) is 7.13.